The molecule has 0 bridgehead atoms. The first-order chi connectivity index (χ1) is 11.7. The Balaban J connectivity index is 2.12. The monoisotopic (exact) mass is 367 g/mol. The summed E-state index contributed by atoms with van der Waals surface area (Å²) < 4.78 is 24.7. The van der Waals surface area contributed by atoms with Crippen LogP contribution in [0, 0.1) is 5.92 Å². The molecular formula is C17H25N3O4S. The Hall–Kier alpha value is -1.93. The van der Waals surface area contributed by atoms with Gasteiger partial charge in [0.2, 0.25) is 15.9 Å². The number of benzene rings is 1. The molecule has 0 radical (unpaired) electrons. The topological polar surface area (TPSA) is 95.6 Å². The van der Waals surface area contributed by atoms with Crippen molar-refractivity contribution in [3.63, 3.8) is 0 Å². The Kier molecular flexibility index (Phi) is 6.18. The van der Waals surface area contributed by atoms with Crippen LogP contribution in [0.15, 0.2) is 24.3 Å². The lowest BCUT2D eigenvalue weighted by molar-refractivity contribution is -0.120. The number of carbonyl (C=O) groups is 2. The molecule has 25 heavy (non-hydrogen) atoms. The summed E-state index contributed by atoms with van der Waals surface area (Å²) in [6.45, 7) is 4.34. The minimum absolute atomic E-state index is 0.0158. The van der Waals surface area contributed by atoms with Crippen LogP contribution in [0.2, 0.25) is 0 Å². The van der Waals surface area contributed by atoms with Gasteiger partial charge in [0.15, 0.2) is 0 Å². The van der Waals surface area contributed by atoms with E-state index in [0.717, 1.165) is 6.26 Å². The normalized spacial score (nSPS) is 18.8. The van der Waals surface area contributed by atoms with Gasteiger partial charge in [0.1, 0.15) is 0 Å². The SMILES string of the molecule is CC(C)NC(=O)c1ccccc1NC(=O)[C@H]1CCCN(S(C)(=O)=O)C1. The lowest BCUT2D eigenvalue weighted by atomic mass is 9.98. The molecule has 0 saturated carbocycles. The van der Waals surface area contributed by atoms with Crippen LogP contribution in [0.1, 0.15) is 37.0 Å². The van der Waals surface area contributed by atoms with Crippen molar-refractivity contribution in [3.8, 4) is 0 Å². The molecule has 1 atom stereocenters. The third-order valence-corrected chi connectivity index (χ3v) is 5.34. The molecule has 2 N–H and O–H groups in total. The molecule has 0 aromatic heterocycles. The summed E-state index contributed by atoms with van der Waals surface area (Å²) in [6, 6.07) is 6.78. The summed E-state index contributed by atoms with van der Waals surface area (Å²) in [5, 5.41) is 5.59. The van der Waals surface area contributed by atoms with Gasteiger partial charge in [0.05, 0.1) is 23.4 Å². The van der Waals surface area contributed by atoms with Gasteiger partial charge < -0.3 is 10.6 Å². The third kappa shape index (κ3) is 5.27. The van der Waals surface area contributed by atoms with Crippen LogP contribution in [0.4, 0.5) is 5.69 Å². The highest BCUT2D eigenvalue weighted by atomic mass is 32.2. The van der Waals surface area contributed by atoms with Gasteiger partial charge in [-0.05, 0) is 38.8 Å². The predicted molar refractivity (Wildman–Crippen MR) is 96.8 cm³/mol. The van der Waals surface area contributed by atoms with Gasteiger partial charge in [0, 0.05) is 19.1 Å². The fourth-order valence-corrected chi connectivity index (χ4v) is 3.73. The first-order valence-electron chi connectivity index (χ1n) is 8.34. The van der Waals surface area contributed by atoms with Crippen molar-refractivity contribution >= 4 is 27.5 Å². The quantitative estimate of drug-likeness (QED) is 0.823. The Bertz CT molecular complexity index is 746. The first-order valence-corrected chi connectivity index (χ1v) is 10.2. The largest absolute Gasteiger partial charge is 0.350 e. The molecule has 1 aliphatic rings. The molecule has 8 heteroatoms. The van der Waals surface area contributed by atoms with E-state index in [0.29, 0.717) is 30.6 Å². The van der Waals surface area contributed by atoms with Gasteiger partial charge in [-0.1, -0.05) is 12.1 Å². The van der Waals surface area contributed by atoms with E-state index in [1.54, 1.807) is 24.3 Å². The molecule has 2 rings (SSSR count). The number of para-hydroxylation sites is 1. The number of nitrogens with zero attached hydrogens (tertiary/aromatic N) is 1. The fourth-order valence-electron chi connectivity index (χ4n) is 2.82. The maximum atomic E-state index is 12.6. The Labute approximate surface area is 148 Å². The minimum atomic E-state index is -3.31. The molecule has 2 amide bonds. The maximum Gasteiger partial charge on any atom is 0.253 e. The molecule has 0 spiro atoms. The average Bonchev–Trinajstić information content (AvgIpc) is 2.54. The smallest absolute Gasteiger partial charge is 0.253 e. The highest BCUT2D eigenvalue weighted by Gasteiger charge is 2.30. The number of rotatable bonds is 5. The molecule has 7 nitrogen and oxygen atoms in total. The molecule has 1 saturated heterocycles. The number of nitrogens with one attached hydrogen (secondary N) is 2. The van der Waals surface area contributed by atoms with Crippen LogP contribution in [0.3, 0.4) is 0 Å². The molecule has 0 aliphatic carbocycles. The predicted octanol–water partition coefficient (Wildman–Crippen LogP) is 1.43. The van der Waals surface area contributed by atoms with E-state index in [-0.39, 0.29) is 24.4 Å². The number of anilines is 1. The Morgan fingerprint density at radius 2 is 1.92 bits per heavy atom. The van der Waals surface area contributed by atoms with Gasteiger partial charge in [-0.15, -0.1) is 0 Å². The van der Waals surface area contributed by atoms with E-state index in [9.17, 15) is 18.0 Å². The standard InChI is InChI=1S/C17H25N3O4S/c1-12(2)18-17(22)14-8-4-5-9-15(14)19-16(21)13-7-6-10-20(11-13)25(3,23)24/h4-5,8-9,12-13H,6-7,10-11H2,1-3H3,(H,18,22)(H,19,21)/t13-/m0/s1. The van der Waals surface area contributed by atoms with Gasteiger partial charge in [0.25, 0.3) is 5.91 Å². The summed E-state index contributed by atoms with van der Waals surface area (Å²) in [5.41, 5.74) is 0.822. The van der Waals surface area contributed by atoms with Crippen molar-refractivity contribution < 1.29 is 18.0 Å². The number of piperidine rings is 1. The van der Waals surface area contributed by atoms with Crippen molar-refractivity contribution in [1.29, 1.82) is 0 Å². The van der Waals surface area contributed by atoms with E-state index in [1.807, 2.05) is 13.8 Å². The summed E-state index contributed by atoms with van der Waals surface area (Å²) in [4.78, 5) is 24.8. The number of carbonyl (C=O) groups excluding carboxylic acids is 2. The number of amides is 2. The zero-order valence-electron chi connectivity index (χ0n) is 14.8. The van der Waals surface area contributed by atoms with Gasteiger partial charge >= 0.3 is 0 Å². The van der Waals surface area contributed by atoms with Gasteiger partial charge in [-0.3, -0.25) is 9.59 Å². The van der Waals surface area contributed by atoms with Crippen LogP contribution in [0.5, 0.6) is 0 Å². The Morgan fingerprint density at radius 3 is 2.56 bits per heavy atom. The van der Waals surface area contributed by atoms with Crippen LogP contribution < -0.4 is 10.6 Å². The molecule has 1 aliphatic heterocycles. The van der Waals surface area contributed by atoms with E-state index in [4.69, 9.17) is 0 Å². The summed E-state index contributed by atoms with van der Waals surface area (Å²) >= 11 is 0. The molecule has 0 unspecified atom stereocenters. The summed E-state index contributed by atoms with van der Waals surface area (Å²) in [7, 11) is -3.31. The van der Waals surface area contributed by atoms with E-state index < -0.39 is 15.9 Å². The van der Waals surface area contributed by atoms with Crippen molar-refractivity contribution in [2.75, 3.05) is 24.7 Å². The molecule has 1 fully saturated rings. The number of hydrogen-bond donors (Lipinski definition) is 2. The summed E-state index contributed by atoms with van der Waals surface area (Å²) in [6.07, 6.45) is 2.41. The molecule has 1 aromatic carbocycles. The zero-order chi connectivity index (χ0) is 18.6. The lowest BCUT2D eigenvalue weighted by Gasteiger charge is -2.30. The van der Waals surface area contributed by atoms with E-state index in [2.05, 4.69) is 10.6 Å². The lowest BCUT2D eigenvalue weighted by Crippen LogP contribution is -2.43. The molecule has 138 valence electrons. The highest BCUT2D eigenvalue weighted by molar-refractivity contribution is 7.88. The van der Waals surface area contributed by atoms with Crippen LogP contribution in [0.25, 0.3) is 0 Å². The summed E-state index contributed by atoms with van der Waals surface area (Å²) in [5.74, 6) is -0.949. The second-order valence-electron chi connectivity index (χ2n) is 6.62. The van der Waals surface area contributed by atoms with Gasteiger partial charge in [-0.25, -0.2) is 12.7 Å². The van der Waals surface area contributed by atoms with Crippen molar-refractivity contribution in [2.45, 2.75) is 32.7 Å². The van der Waals surface area contributed by atoms with Crippen molar-refractivity contribution in [3.05, 3.63) is 29.8 Å². The zero-order valence-corrected chi connectivity index (χ0v) is 15.6. The average molecular weight is 367 g/mol. The maximum absolute atomic E-state index is 12.6. The Morgan fingerprint density at radius 1 is 1.24 bits per heavy atom. The minimum Gasteiger partial charge on any atom is -0.350 e. The number of sulfonamides is 1. The second-order valence-corrected chi connectivity index (χ2v) is 8.61. The van der Waals surface area contributed by atoms with Crippen LogP contribution in [-0.4, -0.2) is 49.9 Å². The van der Waals surface area contributed by atoms with E-state index >= 15 is 0 Å². The molecule has 1 heterocycles. The van der Waals surface area contributed by atoms with Crippen LogP contribution in [-0.2, 0) is 14.8 Å². The third-order valence-electron chi connectivity index (χ3n) is 4.07. The van der Waals surface area contributed by atoms with E-state index in [1.165, 1.54) is 4.31 Å². The second kappa shape index (κ2) is 7.97. The van der Waals surface area contributed by atoms with Crippen molar-refractivity contribution in [1.82, 2.24) is 9.62 Å². The van der Waals surface area contributed by atoms with Crippen molar-refractivity contribution in [2.24, 2.45) is 5.92 Å². The molecule has 1 aromatic rings. The van der Waals surface area contributed by atoms with Gasteiger partial charge in [-0.2, -0.15) is 0 Å². The fraction of sp³-hybridized carbons (Fsp3) is 0.529. The van der Waals surface area contributed by atoms with Crippen LogP contribution >= 0.6 is 0 Å². The molecular weight excluding hydrogens is 342 g/mol. The number of hydrogen-bond acceptors (Lipinski definition) is 4. The first kappa shape index (κ1) is 19.4. The highest BCUT2D eigenvalue weighted by Crippen LogP contribution is 2.22.